The summed E-state index contributed by atoms with van der Waals surface area (Å²) < 4.78 is 5.64. The van der Waals surface area contributed by atoms with Gasteiger partial charge in [0.1, 0.15) is 4.99 Å². The number of nitrogens with two attached hydrogens (primary N) is 1. The van der Waals surface area contributed by atoms with E-state index in [4.69, 9.17) is 34.3 Å². The van der Waals surface area contributed by atoms with Crippen LogP contribution in [0.4, 0.5) is 0 Å². The Kier molecular flexibility index (Phi) is 4.91. The van der Waals surface area contributed by atoms with Crippen LogP contribution in [0.5, 0.6) is 0 Å². The molecule has 98 valence electrons. The third-order valence-electron chi connectivity index (χ3n) is 2.72. The molecule has 0 aliphatic heterocycles. The summed E-state index contributed by atoms with van der Waals surface area (Å²) in [6.45, 7) is 1.03. The van der Waals surface area contributed by atoms with Gasteiger partial charge in [-0.1, -0.05) is 66.3 Å². The number of benzene rings is 2. The molecule has 2 aromatic rings. The quantitative estimate of drug-likeness (QED) is 0.853. The zero-order valence-electron chi connectivity index (χ0n) is 10.3. The standard InChI is InChI=1S/C15H14ClNOS/c16-14-4-2-1-3-13(14)10-18-9-11-5-7-12(8-6-11)15(17)19/h1-8H,9-10H2,(H2,17,19). The van der Waals surface area contributed by atoms with Crippen molar-refractivity contribution in [3.05, 3.63) is 70.2 Å². The predicted octanol–water partition coefficient (Wildman–Crippen LogP) is 3.69. The Morgan fingerprint density at radius 2 is 1.74 bits per heavy atom. The Morgan fingerprint density at radius 3 is 2.37 bits per heavy atom. The lowest BCUT2D eigenvalue weighted by Gasteiger charge is -2.07. The Bertz CT molecular complexity index is 569. The second-order valence-electron chi connectivity index (χ2n) is 4.15. The lowest BCUT2D eigenvalue weighted by molar-refractivity contribution is 0.107. The van der Waals surface area contributed by atoms with E-state index in [1.165, 1.54) is 0 Å². The summed E-state index contributed by atoms with van der Waals surface area (Å²) in [6.07, 6.45) is 0. The topological polar surface area (TPSA) is 35.2 Å². The van der Waals surface area contributed by atoms with Crippen molar-refractivity contribution in [3.8, 4) is 0 Å². The number of thiocarbonyl (C=S) groups is 1. The summed E-state index contributed by atoms with van der Waals surface area (Å²) in [4.78, 5) is 0.406. The van der Waals surface area contributed by atoms with Gasteiger partial charge in [0, 0.05) is 10.6 Å². The van der Waals surface area contributed by atoms with Crippen LogP contribution in [0.25, 0.3) is 0 Å². The van der Waals surface area contributed by atoms with Crippen molar-refractivity contribution in [1.82, 2.24) is 0 Å². The lowest BCUT2D eigenvalue weighted by Crippen LogP contribution is -2.09. The zero-order chi connectivity index (χ0) is 13.7. The van der Waals surface area contributed by atoms with Gasteiger partial charge in [-0.3, -0.25) is 0 Å². The maximum Gasteiger partial charge on any atom is 0.103 e. The molecule has 0 saturated heterocycles. The van der Waals surface area contributed by atoms with Gasteiger partial charge in [-0.2, -0.15) is 0 Å². The molecule has 0 aliphatic rings. The minimum atomic E-state index is 0.406. The van der Waals surface area contributed by atoms with E-state index in [1.54, 1.807) is 0 Å². The predicted molar refractivity (Wildman–Crippen MR) is 82.3 cm³/mol. The number of hydrogen-bond donors (Lipinski definition) is 1. The van der Waals surface area contributed by atoms with Crippen LogP contribution in [0.15, 0.2) is 48.5 Å². The van der Waals surface area contributed by atoms with E-state index in [0.29, 0.717) is 18.2 Å². The van der Waals surface area contributed by atoms with Crippen molar-refractivity contribution < 1.29 is 4.74 Å². The van der Waals surface area contributed by atoms with Gasteiger partial charge in [0.2, 0.25) is 0 Å². The second-order valence-corrected chi connectivity index (χ2v) is 4.99. The third kappa shape index (κ3) is 4.03. The van der Waals surface area contributed by atoms with Crippen LogP contribution in [0, 0.1) is 0 Å². The van der Waals surface area contributed by atoms with Crippen LogP contribution < -0.4 is 5.73 Å². The number of rotatable bonds is 5. The zero-order valence-corrected chi connectivity index (χ0v) is 11.9. The normalized spacial score (nSPS) is 10.4. The van der Waals surface area contributed by atoms with E-state index in [1.807, 2.05) is 48.5 Å². The lowest BCUT2D eigenvalue weighted by atomic mass is 10.1. The van der Waals surface area contributed by atoms with Gasteiger partial charge in [-0.05, 0) is 17.2 Å². The van der Waals surface area contributed by atoms with Crippen LogP contribution in [-0.2, 0) is 18.0 Å². The molecule has 0 fully saturated rings. The average Bonchev–Trinajstić information content (AvgIpc) is 2.41. The van der Waals surface area contributed by atoms with E-state index < -0.39 is 0 Å². The van der Waals surface area contributed by atoms with Gasteiger partial charge >= 0.3 is 0 Å². The molecule has 0 aliphatic carbocycles. The number of ether oxygens (including phenoxy) is 1. The van der Waals surface area contributed by atoms with Gasteiger partial charge in [0.15, 0.2) is 0 Å². The molecule has 2 rings (SSSR count). The molecule has 4 heteroatoms. The van der Waals surface area contributed by atoms with Crippen molar-refractivity contribution in [1.29, 1.82) is 0 Å². The summed E-state index contributed by atoms with van der Waals surface area (Å²) in [6, 6.07) is 15.4. The Morgan fingerprint density at radius 1 is 1.05 bits per heavy atom. The first-order chi connectivity index (χ1) is 9.16. The molecule has 0 aromatic heterocycles. The summed E-state index contributed by atoms with van der Waals surface area (Å²) >= 11 is 11.0. The fourth-order valence-electron chi connectivity index (χ4n) is 1.66. The van der Waals surface area contributed by atoms with E-state index in [9.17, 15) is 0 Å². The van der Waals surface area contributed by atoms with Gasteiger partial charge < -0.3 is 10.5 Å². The Balaban J connectivity index is 1.89. The second kappa shape index (κ2) is 6.66. The highest BCUT2D eigenvalue weighted by atomic mass is 35.5. The summed E-state index contributed by atoms with van der Waals surface area (Å²) in [7, 11) is 0. The van der Waals surface area contributed by atoms with Crippen LogP contribution in [0.1, 0.15) is 16.7 Å². The van der Waals surface area contributed by atoms with Crippen LogP contribution in [0.3, 0.4) is 0 Å². The van der Waals surface area contributed by atoms with Crippen LogP contribution >= 0.6 is 23.8 Å². The first-order valence-electron chi connectivity index (χ1n) is 5.86. The van der Waals surface area contributed by atoms with E-state index in [2.05, 4.69) is 0 Å². The van der Waals surface area contributed by atoms with Crippen molar-refractivity contribution in [2.24, 2.45) is 5.73 Å². The van der Waals surface area contributed by atoms with E-state index in [0.717, 1.165) is 21.7 Å². The SMILES string of the molecule is NC(=S)c1ccc(COCc2ccccc2Cl)cc1. The monoisotopic (exact) mass is 291 g/mol. The van der Waals surface area contributed by atoms with Crippen molar-refractivity contribution in [3.63, 3.8) is 0 Å². The Labute approximate surface area is 123 Å². The molecule has 2 nitrogen and oxygen atoms in total. The van der Waals surface area contributed by atoms with Gasteiger partial charge in [-0.25, -0.2) is 0 Å². The summed E-state index contributed by atoms with van der Waals surface area (Å²) in [5.41, 5.74) is 8.47. The molecule has 19 heavy (non-hydrogen) atoms. The van der Waals surface area contributed by atoms with Gasteiger partial charge in [0.25, 0.3) is 0 Å². The number of halogens is 1. The molecule has 0 unspecified atom stereocenters. The molecule has 0 saturated carbocycles. The summed E-state index contributed by atoms with van der Waals surface area (Å²) in [5, 5.41) is 0.728. The Hall–Kier alpha value is -1.42. The highest BCUT2D eigenvalue weighted by Crippen LogP contribution is 2.16. The average molecular weight is 292 g/mol. The minimum absolute atomic E-state index is 0.406. The fourth-order valence-corrected chi connectivity index (χ4v) is 1.99. The first-order valence-corrected chi connectivity index (χ1v) is 6.65. The maximum absolute atomic E-state index is 6.05. The van der Waals surface area contributed by atoms with Crippen molar-refractivity contribution in [2.45, 2.75) is 13.2 Å². The largest absolute Gasteiger partial charge is 0.389 e. The van der Waals surface area contributed by atoms with Gasteiger partial charge in [-0.15, -0.1) is 0 Å². The fraction of sp³-hybridized carbons (Fsp3) is 0.133. The highest BCUT2D eigenvalue weighted by molar-refractivity contribution is 7.80. The molecule has 0 heterocycles. The molecule has 2 N–H and O–H groups in total. The molecule has 0 spiro atoms. The minimum Gasteiger partial charge on any atom is -0.389 e. The highest BCUT2D eigenvalue weighted by Gasteiger charge is 2.00. The van der Waals surface area contributed by atoms with Crippen molar-refractivity contribution >= 4 is 28.8 Å². The summed E-state index contributed by atoms with van der Waals surface area (Å²) in [5.74, 6) is 0. The molecular weight excluding hydrogens is 278 g/mol. The first kappa shape index (κ1) is 14.0. The molecular formula is C15H14ClNOS. The molecule has 2 aromatic carbocycles. The third-order valence-corrected chi connectivity index (χ3v) is 3.33. The maximum atomic E-state index is 6.05. The molecule has 0 amide bonds. The molecule has 0 atom stereocenters. The molecule has 0 bridgehead atoms. The van der Waals surface area contributed by atoms with Crippen LogP contribution in [0.2, 0.25) is 5.02 Å². The van der Waals surface area contributed by atoms with Crippen LogP contribution in [-0.4, -0.2) is 4.99 Å². The van der Waals surface area contributed by atoms with Gasteiger partial charge in [0.05, 0.1) is 13.2 Å². The molecule has 0 radical (unpaired) electrons. The van der Waals surface area contributed by atoms with Crippen molar-refractivity contribution in [2.75, 3.05) is 0 Å². The smallest absolute Gasteiger partial charge is 0.103 e. The van der Waals surface area contributed by atoms with E-state index >= 15 is 0 Å². The van der Waals surface area contributed by atoms with E-state index in [-0.39, 0.29) is 0 Å². The number of hydrogen-bond acceptors (Lipinski definition) is 2.